The Balaban J connectivity index is 2.32. The second-order valence-electron chi connectivity index (χ2n) is 5.73. The summed E-state index contributed by atoms with van der Waals surface area (Å²) in [6, 6.07) is 4.78. The number of benzene rings is 1. The normalized spacial score (nSPS) is 13.6. The fourth-order valence-electron chi connectivity index (χ4n) is 2.55. The first-order chi connectivity index (χ1) is 11.8. The zero-order valence-electron chi connectivity index (χ0n) is 13.9. The van der Waals surface area contributed by atoms with Gasteiger partial charge in [0.25, 0.3) is 0 Å². The molecule has 130 valence electrons. The third-order valence-corrected chi connectivity index (χ3v) is 3.88. The number of esters is 3. The first-order valence-electron chi connectivity index (χ1n) is 7.72. The van der Waals surface area contributed by atoms with Crippen LogP contribution in [0.5, 0.6) is 0 Å². The van der Waals surface area contributed by atoms with E-state index in [2.05, 4.69) is 17.9 Å². The molecule has 0 amide bonds. The molecule has 1 unspecified atom stereocenters. The molecule has 0 aromatic heterocycles. The van der Waals surface area contributed by atoms with E-state index < -0.39 is 23.8 Å². The van der Waals surface area contributed by atoms with Crippen molar-refractivity contribution in [3.63, 3.8) is 0 Å². The molecule has 1 heterocycles. The number of carbonyl (C=O) groups excluding carboxylic acids is 4. The molecule has 0 saturated carbocycles. The van der Waals surface area contributed by atoms with Gasteiger partial charge >= 0.3 is 17.9 Å². The van der Waals surface area contributed by atoms with E-state index in [0.29, 0.717) is 12.0 Å². The molecule has 1 aliphatic heterocycles. The summed E-state index contributed by atoms with van der Waals surface area (Å²) in [7, 11) is 0. The lowest BCUT2D eigenvalue weighted by Gasteiger charge is -2.18. The van der Waals surface area contributed by atoms with Gasteiger partial charge in [0.1, 0.15) is 0 Å². The maximum atomic E-state index is 12.0. The van der Waals surface area contributed by atoms with Crippen LogP contribution in [0.1, 0.15) is 52.0 Å². The Morgan fingerprint density at radius 1 is 1.28 bits per heavy atom. The van der Waals surface area contributed by atoms with Gasteiger partial charge in [0, 0.05) is 17.9 Å². The fourth-order valence-corrected chi connectivity index (χ4v) is 2.55. The van der Waals surface area contributed by atoms with Crippen molar-refractivity contribution >= 4 is 23.7 Å². The maximum absolute atomic E-state index is 12.0. The molecule has 0 saturated heterocycles. The molecule has 0 fully saturated rings. The highest BCUT2D eigenvalue weighted by atomic mass is 16.6. The molecule has 0 N–H and O–H groups in total. The number of hydrogen-bond acceptors (Lipinski definition) is 6. The first kappa shape index (κ1) is 18.3. The lowest BCUT2D eigenvalue weighted by Crippen LogP contribution is -2.16. The molecule has 25 heavy (non-hydrogen) atoms. The van der Waals surface area contributed by atoms with Crippen LogP contribution in [0.4, 0.5) is 0 Å². The molecule has 1 atom stereocenters. The Morgan fingerprint density at radius 2 is 2.00 bits per heavy atom. The van der Waals surface area contributed by atoms with E-state index in [0.717, 1.165) is 0 Å². The van der Waals surface area contributed by atoms with E-state index in [1.54, 1.807) is 12.1 Å². The van der Waals surface area contributed by atoms with Gasteiger partial charge in [-0.2, -0.15) is 0 Å². The van der Waals surface area contributed by atoms with Crippen LogP contribution in [0.3, 0.4) is 0 Å². The molecule has 6 heteroatoms. The van der Waals surface area contributed by atoms with Crippen LogP contribution in [0.15, 0.2) is 43.0 Å². The van der Waals surface area contributed by atoms with E-state index in [1.807, 2.05) is 0 Å². The number of ether oxygens (including phenoxy) is 2. The zero-order chi connectivity index (χ0) is 18.6. The van der Waals surface area contributed by atoms with Crippen LogP contribution < -0.4 is 0 Å². The van der Waals surface area contributed by atoms with Crippen molar-refractivity contribution in [3.8, 4) is 0 Å². The van der Waals surface area contributed by atoms with Gasteiger partial charge < -0.3 is 9.47 Å². The molecule has 1 aromatic carbocycles. The molecule has 0 radical (unpaired) electrons. The minimum atomic E-state index is -0.734. The second kappa shape index (κ2) is 7.70. The standard InChI is InChI=1S/C19H18O6/c1-4-13(20)9-8-12(10-24-17(21)11(2)3)14-6-5-7-15-16(14)19(23)25-18(15)22/h4-7,12H,1-2,8-10H2,3H3. The van der Waals surface area contributed by atoms with E-state index in [9.17, 15) is 19.2 Å². The summed E-state index contributed by atoms with van der Waals surface area (Å²) in [6.45, 7) is 8.41. The average molecular weight is 342 g/mol. The van der Waals surface area contributed by atoms with Crippen LogP contribution >= 0.6 is 0 Å². The summed E-state index contributed by atoms with van der Waals surface area (Å²) < 4.78 is 9.85. The largest absolute Gasteiger partial charge is 0.462 e. The smallest absolute Gasteiger partial charge is 0.347 e. The number of hydrogen-bond donors (Lipinski definition) is 0. The van der Waals surface area contributed by atoms with Gasteiger partial charge in [-0.1, -0.05) is 25.3 Å². The summed E-state index contributed by atoms with van der Waals surface area (Å²) in [4.78, 5) is 46.9. The van der Waals surface area contributed by atoms with Gasteiger partial charge in [0.2, 0.25) is 0 Å². The van der Waals surface area contributed by atoms with E-state index >= 15 is 0 Å². The Hall–Kier alpha value is -3.02. The lowest BCUT2D eigenvalue weighted by molar-refractivity contribution is -0.139. The highest BCUT2D eigenvalue weighted by Gasteiger charge is 2.34. The highest BCUT2D eigenvalue weighted by molar-refractivity contribution is 6.15. The van der Waals surface area contributed by atoms with Crippen molar-refractivity contribution in [1.82, 2.24) is 0 Å². The average Bonchev–Trinajstić information content (AvgIpc) is 2.89. The lowest BCUT2D eigenvalue weighted by atomic mass is 9.88. The predicted octanol–water partition coefficient (Wildman–Crippen LogP) is 2.74. The number of rotatable bonds is 8. The van der Waals surface area contributed by atoms with Gasteiger partial charge in [-0.15, -0.1) is 0 Å². The molecule has 0 spiro atoms. The van der Waals surface area contributed by atoms with E-state index in [4.69, 9.17) is 4.74 Å². The molecule has 6 nitrogen and oxygen atoms in total. The molecule has 1 aromatic rings. The van der Waals surface area contributed by atoms with Crippen LogP contribution in [0.25, 0.3) is 0 Å². The van der Waals surface area contributed by atoms with Crippen molar-refractivity contribution in [3.05, 3.63) is 59.7 Å². The minimum Gasteiger partial charge on any atom is -0.462 e. The van der Waals surface area contributed by atoms with Gasteiger partial charge in [0.05, 0.1) is 17.7 Å². The Kier molecular flexibility index (Phi) is 5.64. The van der Waals surface area contributed by atoms with Gasteiger partial charge in [-0.25, -0.2) is 14.4 Å². The van der Waals surface area contributed by atoms with Crippen molar-refractivity contribution < 1.29 is 28.7 Å². The van der Waals surface area contributed by atoms with Crippen molar-refractivity contribution in [2.45, 2.75) is 25.7 Å². The second-order valence-corrected chi connectivity index (χ2v) is 5.73. The summed E-state index contributed by atoms with van der Waals surface area (Å²) in [5.74, 6) is -2.61. The number of ketones is 1. The number of fused-ring (bicyclic) bond motifs is 1. The van der Waals surface area contributed by atoms with Gasteiger partial charge in [-0.05, 0) is 31.1 Å². The summed E-state index contributed by atoms with van der Waals surface area (Å²) in [5, 5.41) is 0. The Morgan fingerprint density at radius 3 is 2.64 bits per heavy atom. The molecule has 1 aliphatic rings. The van der Waals surface area contributed by atoms with E-state index in [-0.39, 0.29) is 35.5 Å². The predicted molar refractivity (Wildman–Crippen MR) is 89.1 cm³/mol. The van der Waals surface area contributed by atoms with Crippen molar-refractivity contribution in [1.29, 1.82) is 0 Å². The zero-order valence-corrected chi connectivity index (χ0v) is 13.9. The highest BCUT2D eigenvalue weighted by Crippen LogP contribution is 2.32. The van der Waals surface area contributed by atoms with Crippen LogP contribution in [0, 0.1) is 0 Å². The monoisotopic (exact) mass is 342 g/mol. The fraction of sp³-hybridized carbons (Fsp3) is 0.263. The third kappa shape index (κ3) is 4.09. The first-order valence-corrected chi connectivity index (χ1v) is 7.72. The van der Waals surface area contributed by atoms with Crippen molar-refractivity contribution in [2.75, 3.05) is 6.61 Å². The van der Waals surface area contributed by atoms with Gasteiger partial charge in [0.15, 0.2) is 5.78 Å². The molecule has 0 bridgehead atoms. The van der Waals surface area contributed by atoms with Crippen LogP contribution in [0.2, 0.25) is 0 Å². The number of allylic oxidation sites excluding steroid dienone is 1. The summed E-state index contributed by atoms with van der Waals surface area (Å²) in [5.41, 5.74) is 1.09. The minimum absolute atomic E-state index is 0.0476. The Bertz CT molecular complexity index is 774. The summed E-state index contributed by atoms with van der Waals surface area (Å²) >= 11 is 0. The number of cyclic esters (lactones) is 2. The Labute approximate surface area is 145 Å². The molecular weight excluding hydrogens is 324 g/mol. The molecule has 2 rings (SSSR count). The maximum Gasteiger partial charge on any atom is 0.347 e. The topological polar surface area (TPSA) is 86.7 Å². The van der Waals surface area contributed by atoms with Gasteiger partial charge in [-0.3, -0.25) is 4.79 Å². The van der Waals surface area contributed by atoms with Crippen LogP contribution in [-0.4, -0.2) is 30.3 Å². The molecule has 0 aliphatic carbocycles. The number of carbonyl (C=O) groups is 4. The molecular formula is C19H18O6. The van der Waals surface area contributed by atoms with Crippen molar-refractivity contribution in [2.24, 2.45) is 0 Å². The third-order valence-electron chi connectivity index (χ3n) is 3.88. The SMILES string of the molecule is C=CC(=O)CCC(COC(=O)C(=C)C)c1cccc2c1C(=O)OC2=O. The quantitative estimate of drug-likeness (QED) is 0.410. The summed E-state index contributed by atoms with van der Waals surface area (Å²) in [6.07, 6.45) is 1.71. The van der Waals surface area contributed by atoms with E-state index in [1.165, 1.54) is 19.1 Å². The van der Waals surface area contributed by atoms with Crippen LogP contribution in [-0.2, 0) is 19.1 Å².